The summed E-state index contributed by atoms with van der Waals surface area (Å²) in [6.45, 7) is 2.01. The van der Waals surface area contributed by atoms with Crippen LogP contribution in [0.5, 0.6) is 17.2 Å². The molecule has 0 saturated heterocycles. The van der Waals surface area contributed by atoms with Gasteiger partial charge >= 0.3 is 0 Å². The zero-order valence-electron chi connectivity index (χ0n) is 17.1. The first kappa shape index (κ1) is 21.6. The smallest absolute Gasteiger partial charge is 0.240 e. The number of ether oxygens (including phenoxy) is 3. The second kappa shape index (κ2) is 9.14. The Labute approximate surface area is 175 Å². The minimum atomic E-state index is -3.61. The number of nitrogens with one attached hydrogen (secondary N) is 1. The highest BCUT2D eigenvalue weighted by Crippen LogP contribution is 2.40. The van der Waals surface area contributed by atoms with Gasteiger partial charge in [0.25, 0.3) is 0 Å². The lowest BCUT2D eigenvalue weighted by molar-refractivity contribution is 0.324. The van der Waals surface area contributed by atoms with Gasteiger partial charge in [-0.1, -0.05) is 22.9 Å². The van der Waals surface area contributed by atoms with Crippen LogP contribution in [0.2, 0.25) is 0 Å². The Morgan fingerprint density at radius 1 is 1.00 bits per heavy atom. The Hall–Kier alpha value is -3.11. The number of hydrogen-bond donors (Lipinski definition) is 1. The molecule has 3 aromatic rings. The molecule has 0 fully saturated rings. The van der Waals surface area contributed by atoms with E-state index in [0.717, 1.165) is 5.56 Å². The van der Waals surface area contributed by atoms with Crippen LogP contribution in [-0.4, -0.2) is 46.4 Å². The van der Waals surface area contributed by atoms with Gasteiger partial charge in [0, 0.05) is 18.5 Å². The van der Waals surface area contributed by atoms with Crippen LogP contribution in [0.1, 0.15) is 11.5 Å². The SMILES string of the molecule is COc1cc(-c2noc(CCNS(=O)(=O)c3ccc(C)cc3)n2)cc(OC)c1OC. The van der Waals surface area contributed by atoms with E-state index >= 15 is 0 Å². The Morgan fingerprint density at radius 3 is 2.20 bits per heavy atom. The van der Waals surface area contributed by atoms with E-state index in [1.165, 1.54) is 21.3 Å². The van der Waals surface area contributed by atoms with Crippen LogP contribution >= 0.6 is 0 Å². The zero-order valence-corrected chi connectivity index (χ0v) is 17.9. The van der Waals surface area contributed by atoms with E-state index in [4.69, 9.17) is 18.7 Å². The van der Waals surface area contributed by atoms with Gasteiger partial charge in [0.1, 0.15) is 0 Å². The fourth-order valence-corrected chi connectivity index (χ4v) is 3.81. The number of hydrogen-bond acceptors (Lipinski definition) is 8. The first-order chi connectivity index (χ1) is 14.4. The molecule has 10 heteroatoms. The number of nitrogens with zero attached hydrogens (tertiary/aromatic N) is 2. The molecule has 0 unspecified atom stereocenters. The predicted molar refractivity (Wildman–Crippen MR) is 109 cm³/mol. The third kappa shape index (κ3) is 4.71. The summed E-state index contributed by atoms with van der Waals surface area (Å²) in [4.78, 5) is 4.53. The summed E-state index contributed by atoms with van der Waals surface area (Å²) in [5.41, 5.74) is 1.60. The van der Waals surface area contributed by atoms with Gasteiger partial charge in [-0.05, 0) is 31.2 Å². The summed E-state index contributed by atoms with van der Waals surface area (Å²) < 4.78 is 48.4. The third-order valence-electron chi connectivity index (χ3n) is 4.35. The van der Waals surface area contributed by atoms with Gasteiger partial charge in [-0.3, -0.25) is 0 Å². The van der Waals surface area contributed by atoms with Crippen LogP contribution in [0.25, 0.3) is 11.4 Å². The summed E-state index contributed by atoms with van der Waals surface area (Å²) in [5, 5.41) is 3.96. The number of methoxy groups -OCH3 is 3. The van der Waals surface area contributed by atoms with Crippen molar-refractivity contribution >= 4 is 10.0 Å². The molecule has 1 heterocycles. The van der Waals surface area contributed by atoms with Crippen molar-refractivity contribution in [3.8, 4) is 28.6 Å². The molecular formula is C20H23N3O6S. The average Bonchev–Trinajstić information content (AvgIpc) is 3.21. The molecule has 0 aliphatic rings. The van der Waals surface area contributed by atoms with Gasteiger partial charge in [-0.25, -0.2) is 13.1 Å². The molecule has 0 bridgehead atoms. The van der Waals surface area contributed by atoms with Crippen molar-refractivity contribution in [2.24, 2.45) is 0 Å². The lowest BCUT2D eigenvalue weighted by Crippen LogP contribution is -2.26. The Morgan fingerprint density at radius 2 is 1.63 bits per heavy atom. The maximum Gasteiger partial charge on any atom is 0.240 e. The predicted octanol–water partition coefficient (Wildman–Crippen LogP) is 2.59. The average molecular weight is 433 g/mol. The first-order valence-electron chi connectivity index (χ1n) is 9.07. The molecule has 0 amide bonds. The van der Waals surface area contributed by atoms with Gasteiger partial charge in [0.05, 0.1) is 26.2 Å². The lowest BCUT2D eigenvalue weighted by Gasteiger charge is -2.12. The Bertz CT molecular complexity index is 1080. The van der Waals surface area contributed by atoms with Crippen molar-refractivity contribution in [3.05, 3.63) is 47.9 Å². The molecule has 2 aromatic carbocycles. The molecule has 1 N–H and O–H groups in total. The van der Waals surface area contributed by atoms with E-state index < -0.39 is 10.0 Å². The molecule has 1 aromatic heterocycles. The molecule has 0 saturated carbocycles. The molecule has 0 aliphatic carbocycles. The maximum absolute atomic E-state index is 12.3. The summed E-state index contributed by atoms with van der Waals surface area (Å²) in [6, 6.07) is 10.0. The van der Waals surface area contributed by atoms with Gasteiger partial charge in [-0.2, -0.15) is 4.98 Å². The van der Waals surface area contributed by atoms with Crippen LogP contribution in [0.4, 0.5) is 0 Å². The van der Waals surface area contributed by atoms with E-state index in [9.17, 15) is 8.42 Å². The van der Waals surface area contributed by atoms with Crippen LogP contribution in [0.3, 0.4) is 0 Å². The van der Waals surface area contributed by atoms with Crippen LogP contribution in [0, 0.1) is 6.92 Å². The normalized spacial score (nSPS) is 11.3. The fraction of sp³-hybridized carbons (Fsp3) is 0.300. The van der Waals surface area contributed by atoms with Gasteiger partial charge < -0.3 is 18.7 Å². The third-order valence-corrected chi connectivity index (χ3v) is 5.83. The van der Waals surface area contributed by atoms with E-state index in [1.807, 2.05) is 6.92 Å². The molecule has 0 spiro atoms. The second-order valence-electron chi connectivity index (χ2n) is 6.39. The standard InChI is InChI=1S/C20H23N3O6S/c1-13-5-7-15(8-6-13)30(24,25)21-10-9-18-22-20(23-29-18)14-11-16(26-2)19(28-4)17(12-14)27-3/h5-8,11-12,21H,9-10H2,1-4H3. The molecule has 30 heavy (non-hydrogen) atoms. The molecular weight excluding hydrogens is 410 g/mol. The fourth-order valence-electron chi connectivity index (χ4n) is 2.78. The zero-order chi connectivity index (χ0) is 21.7. The number of aromatic nitrogens is 2. The van der Waals surface area contributed by atoms with Crippen molar-refractivity contribution < 1.29 is 27.2 Å². The summed E-state index contributed by atoms with van der Waals surface area (Å²) in [6.07, 6.45) is 0.239. The molecule has 160 valence electrons. The summed E-state index contributed by atoms with van der Waals surface area (Å²) in [7, 11) is 0.946. The minimum Gasteiger partial charge on any atom is -0.493 e. The lowest BCUT2D eigenvalue weighted by atomic mass is 10.1. The highest BCUT2D eigenvalue weighted by molar-refractivity contribution is 7.89. The van der Waals surface area contributed by atoms with Crippen LogP contribution in [-0.2, 0) is 16.4 Å². The van der Waals surface area contributed by atoms with Gasteiger partial charge in [-0.15, -0.1) is 0 Å². The maximum atomic E-state index is 12.3. The highest BCUT2D eigenvalue weighted by Gasteiger charge is 2.18. The quantitative estimate of drug-likeness (QED) is 0.548. The van der Waals surface area contributed by atoms with Crippen molar-refractivity contribution in [2.75, 3.05) is 27.9 Å². The molecule has 0 aliphatic heterocycles. The number of sulfonamides is 1. The van der Waals surface area contributed by atoms with Gasteiger partial charge in [0.15, 0.2) is 11.5 Å². The van der Waals surface area contributed by atoms with E-state index in [2.05, 4.69) is 14.9 Å². The largest absolute Gasteiger partial charge is 0.493 e. The molecule has 0 atom stereocenters. The summed E-state index contributed by atoms with van der Waals surface area (Å²) in [5.74, 6) is 2.00. The molecule has 3 rings (SSSR count). The first-order valence-corrected chi connectivity index (χ1v) is 10.6. The van der Waals surface area contributed by atoms with Crippen molar-refractivity contribution in [1.29, 1.82) is 0 Å². The van der Waals surface area contributed by atoms with Crippen LogP contribution in [0.15, 0.2) is 45.8 Å². The second-order valence-corrected chi connectivity index (χ2v) is 8.15. The van der Waals surface area contributed by atoms with Crippen molar-refractivity contribution in [1.82, 2.24) is 14.9 Å². The number of benzene rings is 2. The van der Waals surface area contributed by atoms with Gasteiger partial charge in [0.2, 0.25) is 27.5 Å². The van der Waals surface area contributed by atoms with Crippen LogP contribution < -0.4 is 18.9 Å². The number of rotatable bonds is 9. The molecule has 0 radical (unpaired) electrons. The minimum absolute atomic E-state index is 0.118. The van der Waals surface area contributed by atoms with E-state index in [-0.39, 0.29) is 17.9 Å². The monoisotopic (exact) mass is 433 g/mol. The highest BCUT2D eigenvalue weighted by atomic mass is 32.2. The van der Waals surface area contributed by atoms with Crippen molar-refractivity contribution in [3.63, 3.8) is 0 Å². The Kier molecular flexibility index (Phi) is 6.58. The Balaban J connectivity index is 1.70. The molecule has 9 nitrogen and oxygen atoms in total. The van der Waals surface area contributed by atoms with Crippen molar-refractivity contribution in [2.45, 2.75) is 18.2 Å². The van der Waals surface area contributed by atoms with E-state index in [0.29, 0.717) is 34.5 Å². The number of aryl methyl sites for hydroxylation is 1. The van der Waals surface area contributed by atoms with E-state index in [1.54, 1.807) is 36.4 Å². The topological polar surface area (TPSA) is 113 Å². The summed E-state index contributed by atoms with van der Waals surface area (Å²) >= 11 is 0.